The van der Waals surface area contributed by atoms with Gasteiger partial charge in [0.15, 0.2) is 0 Å². The second-order valence-electron chi connectivity index (χ2n) is 6.50. The van der Waals surface area contributed by atoms with Crippen molar-refractivity contribution in [1.29, 1.82) is 0 Å². The Morgan fingerprint density at radius 1 is 1.39 bits per heavy atom. The molecule has 0 heterocycles. The highest BCUT2D eigenvalue weighted by Crippen LogP contribution is 2.49. The van der Waals surface area contributed by atoms with Gasteiger partial charge in [0.2, 0.25) is 0 Å². The molecule has 2 rings (SSSR count). The maximum absolute atomic E-state index is 12.4. The summed E-state index contributed by atoms with van der Waals surface area (Å²) < 4.78 is 0. The van der Waals surface area contributed by atoms with E-state index in [0.29, 0.717) is 12.2 Å². The molecular weight excluding hydrogens is 220 g/mol. The standard InChI is InChI=1S/C17H24O/c1-5-9-17(4)11-14-7-6-13(2)8-10-16(14,3)12-15(17)18/h5,8,11H,1,6-7,9-10,12H2,2-4H3/t16-,17-/m1/s1. The zero-order valence-electron chi connectivity index (χ0n) is 11.9. The molecule has 0 unspecified atom stereocenters. The van der Waals surface area contributed by atoms with E-state index in [9.17, 15) is 4.79 Å². The van der Waals surface area contributed by atoms with Crippen molar-refractivity contribution in [2.75, 3.05) is 0 Å². The van der Waals surface area contributed by atoms with Crippen LogP contribution in [0.25, 0.3) is 0 Å². The summed E-state index contributed by atoms with van der Waals surface area (Å²) >= 11 is 0. The fraction of sp³-hybridized carbons (Fsp3) is 0.588. The van der Waals surface area contributed by atoms with Gasteiger partial charge in [0.1, 0.15) is 5.78 Å². The summed E-state index contributed by atoms with van der Waals surface area (Å²) in [5.74, 6) is 0.376. The molecule has 0 bridgehead atoms. The lowest BCUT2D eigenvalue weighted by Crippen LogP contribution is -2.37. The van der Waals surface area contributed by atoms with Crippen LogP contribution in [0.4, 0.5) is 0 Å². The van der Waals surface area contributed by atoms with Gasteiger partial charge in [-0.25, -0.2) is 0 Å². The molecule has 0 fully saturated rings. The number of Topliss-reactive ketones (excluding diaryl/α,β-unsaturated/α-hetero) is 1. The van der Waals surface area contributed by atoms with Crippen molar-refractivity contribution >= 4 is 5.78 Å². The third kappa shape index (κ3) is 2.23. The second kappa shape index (κ2) is 4.53. The van der Waals surface area contributed by atoms with E-state index in [2.05, 4.69) is 39.5 Å². The topological polar surface area (TPSA) is 17.1 Å². The molecule has 0 radical (unpaired) electrons. The van der Waals surface area contributed by atoms with Gasteiger partial charge in [-0.3, -0.25) is 4.79 Å². The third-order valence-electron chi connectivity index (χ3n) is 4.71. The molecule has 1 heteroatoms. The van der Waals surface area contributed by atoms with Gasteiger partial charge in [0, 0.05) is 11.8 Å². The maximum Gasteiger partial charge on any atom is 0.143 e. The molecule has 1 nitrogen and oxygen atoms in total. The molecule has 0 aromatic rings. The van der Waals surface area contributed by atoms with Crippen molar-refractivity contribution in [3.63, 3.8) is 0 Å². The highest BCUT2D eigenvalue weighted by Gasteiger charge is 2.43. The summed E-state index contributed by atoms with van der Waals surface area (Å²) in [4.78, 5) is 12.4. The molecule has 0 aliphatic heterocycles. The number of allylic oxidation sites excluding steroid dienone is 5. The second-order valence-corrected chi connectivity index (χ2v) is 6.50. The first-order valence-corrected chi connectivity index (χ1v) is 6.92. The summed E-state index contributed by atoms with van der Waals surface area (Å²) in [6.45, 7) is 10.3. The van der Waals surface area contributed by atoms with Gasteiger partial charge < -0.3 is 0 Å². The van der Waals surface area contributed by atoms with Crippen LogP contribution in [0.3, 0.4) is 0 Å². The average molecular weight is 244 g/mol. The van der Waals surface area contributed by atoms with Crippen molar-refractivity contribution in [2.45, 2.75) is 52.9 Å². The Bertz CT molecular complexity index is 441. The number of carbonyl (C=O) groups excluding carboxylic acids is 1. The summed E-state index contributed by atoms with van der Waals surface area (Å²) in [6, 6.07) is 0. The van der Waals surface area contributed by atoms with E-state index in [4.69, 9.17) is 0 Å². The van der Waals surface area contributed by atoms with Crippen molar-refractivity contribution in [3.8, 4) is 0 Å². The molecular formula is C17H24O. The van der Waals surface area contributed by atoms with E-state index in [1.807, 2.05) is 6.08 Å². The Balaban J connectivity index is 2.40. The molecule has 0 aromatic carbocycles. The minimum atomic E-state index is -0.311. The van der Waals surface area contributed by atoms with Crippen molar-refractivity contribution in [3.05, 3.63) is 36.0 Å². The number of hydrogen-bond donors (Lipinski definition) is 0. The van der Waals surface area contributed by atoms with Crippen molar-refractivity contribution < 1.29 is 4.79 Å². The molecule has 2 atom stereocenters. The van der Waals surface area contributed by atoms with Crippen LogP contribution in [0.2, 0.25) is 0 Å². The average Bonchev–Trinajstić information content (AvgIpc) is 2.42. The highest BCUT2D eigenvalue weighted by molar-refractivity contribution is 5.89. The lowest BCUT2D eigenvalue weighted by atomic mass is 9.62. The summed E-state index contributed by atoms with van der Waals surface area (Å²) in [5, 5.41) is 0. The molecule has 0 N–H and O–H groups in total. The molecule has 0 saturated heterocycles. The Morgan fingerprint density at radius 2 is 2.11 bits per heavy atom. The SMILES string of the molecule is C=CC[C@]1(C)C=C2CCC(C)=CC[C@]2(C)CC1=O. The van der Waals surface area contributed by atoms with E-state index >= 15 is 0 Å². The first kappa shape index (κ1) is 13.3. The van der Waals surface area contributed by atoms with E-state index in [0.717, 1.165) is 25.7 Å². The van der Waals surface area contributed by atoms with Crippen LogP contribution in [0.15, 0.2) is 36.0 Å². The Kier molecular flexibility index (Phi) is 3.35. The van der Waals surface area contributed by atoms with Gasteiger partial charge in [-0.15, -0.1) is 6.58 Å². The number of rotatable bonds is 2. The van der Waals surface area contributed by atoms with Gasteiger partial charge in [0.25, 0.3) is 0 Å². The maximum atomic E-state index is 12.4. The quantitative estimate of drug-likeness (QED) is 0.649. The van der Waals surface area contributed by atoms with Gasteiger partial charge in [0.05, 0.1) is 0 Å². The molecule has 0 amide bonds. The van der Waals surface area contributed by atoms with Gasteiger partial charge in [-0.05, 0) is 44.9 Å². The van der Waals surface area contributed by atoms with Crippen LogP contribution in [0.5, 0.6) is 0 Å². The molecule has 2 aliphatic carbocycles. The number of carbonyl (C=O) groups is 1. The Labute approximate surface area is 111 Å². The number of ketones is 1. The van der Waals surface area contributed by atoms with Gasteiger partial charge in [-0.2, -0.15) is 0 Å². The van der Waals surface area contributed by atoms with Crippen LogP contribution >= 0.6 is 0 Å². The summed E-state index contributed by atoms with van der Waals surface area (Å²) in [5.41, 5.74) is 2.70. The first-order valence-electron chi connectivity index (χ1n) is 6.92. The smallest absolute Gasteiger partial charge is 0.143 e. The monoisotopic (exact) mass is 244 g/mol. The summed E-state index contributed by atoms with van der Waals surface area (Å²) in [7, 11) is 0. The van der Waals surface area contributed by atoms with Gasteiger partial charge >= 0.3 is 0 Å². The van der Waals surface area contributed by atoms with E-state index in [1.54, 1.807) is 0 Å². The molecule has 0 aromatic heterocycles. The zero-order chi connectivity index (χ0) is 13.4. The first-order chi connectivity index (χ1) is 8.39. The largest absolute Gasteiger partial charge is 0.299 e. The van der Waals surface area contributed by atoms with Crippen LogP contribution in [0.1, 0.15) is 52.9 Å². The van der Waals surface area contributed by atoms with Crippen molar-refractivity contribution in [1.82, 2.24) is 0 Å². The van der Waals surface area contributed by atoms with Crippen LogP contribution in [-0.2, 0) is 4.79 Å². The fourth-order valence-electron chi connectivity index (χ4n) is 3.19. The molecule has 2 aliphatic rings. The number of fused-ring (bicyclic) bond motifs is 1. The van der Waals surface area contributed by atoms with Crippen LogP contribution in [0, 0.1) is 10.8 Å². The lowest BCUT2D eigenvalue weighted by Gasteiger charge is -2.40. The molecule has 18 heavy (non-hydrogen) atoms. The van der Waals surface area contributed by atoms with E-state index in [-0.39, 0.29) is 10.8 Å². The number of hydrogen-bond acceptors (Lipinski definition) is 1. The van der Waals surface area contributed by atoms with Gasteiger partial charge in [-0.1, -0.05) is 36.3 Å². The molecule has 98 valence electrons. The molecule has 0 spiro atoms. The zero-order valence-corrected chi connectivity index (χ0v) is 11.9. The predicted octanol–water partition coefficient (Wildman–Crippen LogP) is 4.60. The fourth-order valence-corrected chi connectivity index (χ4v) is 3.19. The lowest BCUT2D eigenvalue weighted by molar-refractivity contribution is -0.128. The van der Waals surface area contributed by atoms with E-state index < -0.39 is 0 Å². The Morgan fingerprint density at radius 3 is 2.78 bits per heavy atom. The highest BCUT2D eigenvalue weighted by atomic mass is 16.1. The summed E-state index contributed by atoms with van der Waals surface area (Å²) in [6.07, 6.45) is 11.2. The molecule has 0 saturated carbocycles. The van der Waals surface area contributed by atoms with Crippen LogP contribution in [-0.4, -0.2) is 5.78 Å². The normalized spacial score (nSPS) is 36.3. The van der Waals surface area contributed by atoms with Crippen molar-refractivity contribution in [2.24, 2.45) is 10.8 Å². The van der Waals surface area contributed by atoms with Crippen LogP contribution < -0.4 is 0 Å². The minimum absolute atomic E-state index is 0.0650. The minimum Gasteiger partial charge on any atom is -0.299 e. The van der Waals surface area contributed by atoms with E-state index in [1.165, 1.54) is 11.1 Å². The Hall–Kier alpha value is -1.11. The third-order valence-corrected chi connectivity index (χ3v) is 4.71. The predicted molar refractivity (Wildman–Crippen MR) is 76.3 cm³/mol.